The van der Waals surface area contributed by atoms with Crippen LogP contribution in [0.2, 0.25) is 0 Å². The molecule has 0 fully saturated rings. The van der Waals surface area contributed by atoms with Crippen molar-refractivity contribution in [1.82, 2.24) is 4.90 Å². The van der Waals surface area contributed by atoms with Gasteiger partial charge in [0.15, 0.2) is 23.1 Å². The Kier molecular flexibility index (Phi) is 10.3. The topological polar surface area (TPSA) is 63.2 Å². The Balaban J connectivity index is 1.38. The van der Waals surface area contributed by atoms with Gasteiger partial charge < -0.3 is 24.6 Å². The summed E-state index contributed by atoms with van der Waals surface area (Å²) in [6.45, 7) is 6.35. The summed E-state index contributed by atoms with van der Waals surface area (Å²) in [5, 5.41) is 13.5. The predicted molar refractivity (Wildman–Crippen MR) is 159 cm³/mol. The van der Waals surface area contributed by atoms with Crippen LogP contribution >= 0.6 is 0 Å². The number of likely N-dealkylation sites (N-methyl/N-ethyl adjacent to an activating group) is 1. The third-order valence-electron chi connectivity index (χ3n) is 7.54. The molecule has 0 spiro atoms. The highest BCUT2D eigenvalue weighted by Gasteiger charge is 2.24. The monoisotopic (exact) mass is 548 g/mol. The van der Waals surface area contributed by atoms with E-state index in [1.807, 2.05) is 37.4 Å². The number of methoxy groups -OCH3 is 2. The molecular formula is C33H41FN2O4. The zero-order chi connectivity index (χ0) is 28.5. The van der Waals surface area contributed by atoms with Gasteiger partial charge in [0.05, 0.1) is 14.2 Å². The third-order valence-corrected chi connectivity index (χ3v) is 7.54. The van der Waals surface area contributed by atoms with E-state index in [-0.39, 0.29) is 11.6 Å². The van der Waals surface area contributed by atoms with E-state index < -0.39 is 0 Å². The Labute approximate surface area is 237 Å². The minimum absolute atomic E-state index is 0.285. The second-order valence-electron chi connectivity index (χ2n) is 10.4. The smallest absolute Gasteiger partial charge is 0.165 e. The minimum Gasteiger partial charge on any atom is -0.508 e. The van der Waals surface area contributed by atoms with Gasteiger partial charge in [-0.1, -0.05) is 18.2 Å². The normalized spacial score (nSPS) is 14.5. The SMILES string of the molecule is C=CCN(C)CCOc1ccc(CCCNc2cc(OC)c(OC)cc2C2CCc3cc(O)ccc3C2)cc1F. The number of aromatic hydroxyl groups is 1. The highest BCUT2D eigenvalue weighted by Crippen LogP contribution is 2.42. The molecule has 1 atom stereocenters. The summed E-state index contributed by atoms with van der Waals surface area (Å²) in [7, 11) is 5.28. The van der Waals surface area contributed by atoms with E-state index in [4.69, 9.17) is 14.2 Å². The summed E-state index contributed by atoms with van der Waals surface area (Å²) in [5.74, 6) is 1.99. The number of halogens is 1. The van der Waals surface area contributed by atoms with Crippen LogP contribution in [0.5, 0.6) is 23.0 Å². The van der Waals surface area contributed by atoms with Crippen molar-refractivity contribution in [3.8, 4) is 23.0 Å². The number of phenolic OH excluding ortho intramolecular Hbond substituents is 1. The first kappa shape index (κ1) is 29.3. The second-order valence-corrected chi connectivity index (χ2v) is 10.4. The molecule has 1 aliphatic rings. The standard InChI is InChI=1S/C33H41FN2O4/c1-5-15-36(2)16-17-40-31-13-8-23(18-29(31)34)7-6-14-35-30-22-33(39-4)32(38-3)21-28(30)26-10-9-25-20-27(37)12-11-24(25)19-26/h5,8,11-13,18,20-22,26,35,37H,1,6-7,9-10,14-17,19H2,2-4H3. The predicted octanol–water partition coefficient (Wildman–Crippen LogP) is 6.36. The molecule has 3 aromatic rings. The quantitative estimate of drug-likeness (QED) is 0.181. The van der Waals surface area contributed by atoms with Crippen LogP contribution in [0.25, 0.3) is 0 Å². The van der Waals surface area contributed by atoms with E-state index in [1.165, 1.54) is 16.7 Å². The number of ether oxygens (including phenoxy) is 3. The lowest BCUT2D eigenvalue weighted by Gasteiger charge is -2.28. The maximum Gasteiger partial charge on any atom is 0.165 e. The van der Waals surface area contributed by atoms with E-state index in [1.54, 1.807) is 32.4 Å². The molecule has 6 nitrogen and oxygen atoms in total. The Hall–Kier alpha value is -3.71. The van der Waals surface area contributed by atoms with Crippen molar-refractivity contribution < 1.29 is 23.7 Å². The maximum absolute atomic E-state index is 14.6. The van der Waals surface area contributed by atoms with Crippen molar-refractivity contribution in [2.45, 2.75) is 38.0 Å². The summed E-state index contributed by atoms with van der Waals surface area (Å²) in [6, 6.07) is 15.0. The van der Waals surface area contributed by atoms with Crippen LogP contribution in [0.3, 0.4) is 0 Å². The van der Waals surface area contributed by atoms with Crippen LogP contribution in [-0.4, -0.2) is 57.5 Å². The van der Waals surface area contributed by atoms with Crippen molar-refractivity contribution >= 4 is 5.69 Å². The fourth-order valence-electron chi connectivity index (χ4n) is 5.35. The average molecular weight is 549 g/mol. The van der Waals surface area contributed by atoms with Gasteiger partial charge in [-0.05, 0) is 97.7 Å². The number of rotatable bonds is 14. The van der Waals surface area contributed by atoms with Crippen molar-refractivity contribution in [2.24, 2.45) is 0 Å². The summed E-state index contributed by atoms with van der Waals surface area (Å²) in [4.78, 5) is 2.06. The van der Waals surface area contributed by atoms with Crippen LogP contribution in [0, 0.1) is 5.82 Å². The van der Waals surface area contributed by atoms with Crippen LogP contribution in [-0.2, 0) is 19.3 Å². The second kappa shape index (κ2) is 14.1. The average Bonchev–Trinajstić information content (AvgIpc) is 2.95. The number of nitrogens with one attached hydrogen (secondary N) is 1. The number of benzene rings is 3. The molecule has 0 aromatic heterocycles. The Morgan fingerprint density at radius 3 is 2.60 bits per heavy atom. The lowest BCUT2D eigenvalue weighted by Crippen LogP contribution is -2.24. The lowest BCUT2D eigenvalue weighted by atomic mass is 9.79. The molecule has 2 N–H and O–H groups in total. The molecule has 0 bridgehead atoms. The Bertz CT molecular complexity index is 1300. The zero-order valence-electron chi connectivity index (χ0n) is 23.8. The minimum atomic E-state index is -0.329. The number of anilines is 1. The van der Waals surface area contributed by atoms with Gasteiger partial charge in [0, 0.05) is 31.4 Å². The highest BCUT2D eigenvalue weighted by molar-refractivity contribution is 5.62. The van der Waals surface area contributed by atoms with Gasteiger partial charge in [0.2, 0.25) is 0 Å². The molecule has 4 rings (SSSR count). The molecule has 0 saturated heterocycles. The molecule has 0 radical (unpaired) electrons. The number of aryl methyl sites for hydroxylation is 2. The first-order chi connectivity index (χ1) is 19.4. The fourth-order valence-corrected chi connectivity index (χ4v) is 5.35. The van der Waals surface area contributed by atoms with Gasteiger partial charge in [-0.25, -0.2) is 4.39 Å². The highest BCUT2D eigenvalue weighted by atomic mass is 19.1. The molecule has 0 amide bonds. The number of fused-ring (bicyclic) bond motifs is 1. The van der Waals surface area contributed by atoms with Crippen molar-refractivity contribution in [3.63, 3.8) is 0 Å². The first-order valence-corrected chi connectivity index (χ1v) is 13.9. The van der Waals surface area contributed by atoms with Gasteiger partial charge in [0.25, 0.3) is 0 Å². The fraction of sp³-hybridized carbons (Fsp3) is 0.394. The van der Waals surface area contributed by atoms with Crippen LogP contribution < -0.4 is 19.5 Å². The molecule has 0 heterocycles. The molecule has 40 heavy (non-hydrogen) atoms. The lowest BCUT2D eigenvalue weighted by molar-refractivity contribution is 0.242. The van der Waals surface area contributed by atoms with E-state index in [2.05, 4.69) is 22.9 Å². The summed E-state index contributed by atoms with van der Waals surface area (Å²) < 4.78 is 31.5. The number of nitrogens with zero attached hydrogens (tertiary/aromatic N) is 1. The molecule has 3 aromatic carbocycles. The molecule has 0 aliphatic heterocycles. The molecule has 1 unspecified atom stereocenters. The molecule has 1 aliphatic carbocycles. The van der Waals surface area contributed by atoms with Crippen molar-refractivity contribution in [3.05, 3.63) is 89.3 Å². The molecule has 7 heteroatoms. The van der Waals surface area contributed by atoms with Gasteiger partial charge in [-0.15, -0.1) is 6.58 Å². The summed E-state index contributed by atoms with van der Waals surface area (Å²) in [5.41, 5.74) is 5.65. The number of hydrogen-bond acceptors (Lipinski definition) is 6. The third kappa shape index (κ3) is 7.48. The Morgan fingerprint density at radius 1 is 1.05 bits per heavy atom. The van der Waals surface area contributed by atoms with Gasteiger partial charge in [0.1, 0.15) is 12.4 Å². The number of hydrogen-bond donors (Lipinski definition) is 2. The van der Waals surface area contributed by atoms with Gasteiger partial charge in [-0.2, -0.15) is 0 Å². The zero-order valence-corrected chi connectivity index (χ0v) is 23.8. The molecule has 0 saturated carbocycles. The van der Waals surface area contributed by atoms with Crippen LogP contribution in [0.15, 0.2) is 61.2 Å². The van der Waals surface area contributed by atoms with E-state index in [0.717, 1.165) is 56.4 Å². The van der Waals surface area contributed by atoms with Crippen LogP contribution in [0.1, 0.15) is 41.0 Å². The molecular weight excluding hydrogens is 507 g/mol. The van der Waals surface area contributed by atoms with Gasteiger partial charge in [-0.3, -0.25) is 4.90 Å². The van der Waals surface area contributed by atoms with E-state index in [9.17, 15) is 9.50 Å². The molecule has 214 valence electrons. The van der Waals surface area contributed by atoms with E-state index >= 15 is 0 Å². The van der Waals surface area contributed by atoms with Crippen molar-refractivity contribution in [2.75, 3.05) is 52.8 Å². The summed E-state index contributed by atoms with van der Waals surface area (Å²) >= 11 is 0. The first-order valence-electron chi connectivity index (χ1n) is 13.9. The maximum atomic E-state index is 14.6. The summed E-state index contributed by atoms with van der Waals surface area (Å²) in [6.07, 6.45) is 6.22. The number of phenols is 1. The van der Waals surface area contributed by atoms with E-state index in [0.29, 0.717) is 36.3 Å². The van der Waals surface area contributed by atoms with Crippen molar-refractivity contribution in [1.29, 1.82) is 0 Å². The van der Waals surface area contributed by atoms with Gasteiger partial charge >= 0.3 is 0 Å². The van der Waals surface area contributed by atoms with Crippen LogP contribution in [0.4, 0.5) is 10.1 Å². The Morgan fingerprint density at radius 2 is 1.85 bits per heavy atom. The largest absolute Gasteiger partial charge is 0.508 e.